The molecule has 2 aromatic rings. The van der Waals surface area contributed by atoms with Crippen molar-refractivity contribution < 1.29 is 4.39 Å². The van der Waals surface area contributed by atoms with Crippen molar-refractivity contribution >= 4 is 11.4 Å². The maximum atomic E-state index is 12.7. The standard InChI is InChI=1S/C10H11FN4/c11-7-1-2-10(9(12)3-7)14-5-8-4-13-6-15-8/h1-4,6,14H,5,12H2,(H,13,15). The lowest BCUT2D eigenvalue weighted by molar-refractivity contribution is 0.628. The normalized spacial score (nSPS) is 10.2. The molecule has 0 radical (unpaired) electrons. The van der Waals surface area contributed by atoms with Crippen molar-refractivity contribution in [1.29, 1.82) is 0 Å². The Morgan fingerprint density at radius 1 is 1.47 bits per heavy atom. The second kappa shape index (κ2) is 4.00. The van der Waals surface area contributed by atoms with E-state index in [2.05, 4.69) is 15.3 Å². The van der Waals surface area contributed by atoms with Crippen LogP contribution in [0, 0.1) is 5.82 Å². The van der Waals surface area contributed by atoms with Gasteiger partial charge in [0.2, 0.25) is 0 Å². The SMILES string of the molecule is Nc1cc(F)ccc1NCc1cnc[nH]1. The highest BCUT2D eigenvalue weighted by molar-refractivity contribution is 5.65. The molecule has 0 saturated heterocycles. The van der Waals surface area contributed by atoms with Crippen LogP contribution in [0.4, 0.5) is 15.8 Å². The first-order valence-corrected chi connectivity index (χ1v) is 4.52. The molecule has 2 rings (SSSR count). The van der Waals surface area contributed by atoms with Crippen LogP contribution in [0.2, 0.25) is 0 Å². The third-order valence-electron chi connectivity index (χ3n) is 2.04. The summed E-state index contributed by atoms with van der Waals surface area (Å²) in [6, 6.07) is 4.27. The lowest BCUT2D eigenvalue weighted by atomic mass is 10.2. The summed E-state index contributed by atoms with van der Waals surface area (Å²) in [6.45, 7) is 0.579. The third-order valence-corrected chi connectivity index (χ3v) is 2.04. The van der Waals surface area contributed by atoms with Crippen molar-refractivity contribution in [3.63, 3.8) is 0 Å². The number of aromatic nitrogens is 2. The van der Waals surface area contributed by atoms with Gasteiger partial charge < -0.3 is 16.0 Å². The summed E-state index contributed by atoms with van der Waals surface area (Å²) in [7, 11) is 0. The van der Waals surface area contributed by atoms with Crippen molar-refractivity contribution in [2.24, 2.45) is 0 Å². The summed E-state index contributed by atoms with van der Waals surface area (Å²) in [6.07, 6.45) is 3.32. The third kappa shape index (κ3) is 2.25. The van der Waals surface area contributed by atoms with Gasteiger partial charge in [-0.2, -0.15) is 0 Å². The monoisotopic (exact) mass is 206 g/mol. The minimum atomic E-state index is -0.334. The molecule has 78 valence electrons. The molecular weight excluding hydrogens is 195 g/mol. The minimum absolute atomic E-state index is 0.334. The molecule has 0 aliphatic heterocycles. The molecule has 0 atom stereocenters. The van der Waals surface area contributed by atoms with Crippen LogP contribution < -0.4 is 11.1 Å². The van der Waals surface area contributed by atoms with Crippen molar-refractivity contribution in [3.05, 3.63) is 42.2 Å². The number of nitrogens with zero attached hydrogens (tertiary/aromatic N) is 1. The van der Waals surface area contributed by atoms with E-state index in [1.54, 1.807) is 18.6 Å². The van der Waals surface area contributed by atoms with E-state index in [9.17, 15) is 4.39 Å². The van der Waals surface area contributed by atoms with Crippen molar-refractivity contribution in [2.45, 2.75) is 6.54 Å². The molecule has 15 heavy (non-hydrogen) atoms. The Kier molecular flexibility index (Phi) is 2.53. The van der Waals surface area contributed by atoms with E-state index in [4.69, 9.17) is 5.73 Å². The maximum absolute atomic E-state index is 12.7. The molecule has 0 aliphatic rings. The Morgan fingerprint density at radius 3 is 3.00 bits per heavy atom. The second-order valence-electron chi connectivity index (χ2n) is 3.16. The number of H-pyrrole nitrogens is 1. The fourth-order valence-corrected chi connectivity index (χ4v) is 1.27. The van der Waals surface area contributed by atoms with E-state index in [-0.39, 0.29) is 5.82 Å². The largest absolute Gasteiger partial charge is 0.397 e. The molecule has 1 aromatic carbocycles. The van der Waals surface area contributed by atoms with Crippen LogP contribution in [0.25, 0.3) is 0 Å². The van der Waals surface area contributed by atoms with Gasteiger partial charge in [0.15, 0.2) is 0 Å². The van der Waals surface area contributed by atoms with Crippen LogP contribution in [-0.4, -0.2) is 9.97 Å². The van der Waals surface area contributed by atoms with Crippen LogP contribution in [0.3, 0.4) is 0 Å². The first-order chi connectivity index (χ1) is 7.25. The van der Waals surface area contributed by atoms with E-state index in [1.807, 2.05) is 0 Å². The number of nitrogens with two attached hydrogens (primary N) is 1. The number of rotatable bonds is 3. The number of anilines is 2. The van der Waals surface area contributed by atoms with Gasteiger partial charge in [0.25, 0.3) is 0 Å². The van der Waals surface area contributed by atoms with Crippen molar-refractivity contribution in [2.75, 3.05) is 11.1 Å². The molecule has 0 bridgehead atoms. The number of halogens is 1. The quantitative estimate of drug-likeness (QED) is 0.670. The van der Waals surface area contributed by atoms with Gasteiger partial charge in [-0.05, 0) is 18.2 Å². The summed E-state index contributed by atoms with van der Waals surface area (Å²) < 4.78 is 12.7. The zero-order chi connectivity index (χ0) is 10.7. The average molecular weight is 206 g/mol. The Bertz CT molecular complexity index is 439. The maximum Gasteiger partial charge on any atom is 0.125 e. The van der Waals surface area contributed by atoms with Gasteiger partial charge in [0.1, 0.15) is 5.82 Å². The molecule has 1 heterocycles. The molecule has 4 N–H and O–H groups in total. The zero-order valence-corrected chi connectivity index (χ0v) is 8.00. The van der Waals surface area contributed by atoms with E-state index >= 15 is 0 Å². The fourth-order valence-electron chi connectivity index (χ4n) is 1.27. The lowest BCUT2D eigenvalue weighted by Crippen LogP contribution is -2.02. The summed E-state index contributed by atoms with van der Waals surface area (Å²) in [4.78, 5) is 6.83. The van der Waals surface area contributed by atoms with Crippen LogP contribution in [0.1, 0.15) is 5.69 Å². The number of imidazole rings is 1. The van der Waals surface area contributed by atoms with Crippen LogP contribution in [0.5, 0.6) is 0 Å². The van der Waals surface area contributed by atoms with Gasteiger partial charge in [-0.1, -0.05) is 0 Å². The number of benzene rings is 1. The Morgan fingerprint density at radius 2 is 2.33 bits per heavy atom. The molecule has 0 spiro atoms. The topological polar surface area (TPSA) is 66.7 Å². The van der Waals surface area contributed by atoms with E-state index in [1.165, 1.54) is 12.1 Å². The first-order valence-electron chi connectivity index (χ1n) is 4.52. The van der Waals surface area contributed by atoms with Crippen molar-refractivity contribution in [3.8, 4) is 0 Å². The highest BCUT2D eigenvalue weighted by Gasteiger charge is 2.00. The fraction of sp³-hybridized carbons (Fsp3) is 0.100. The molecule has 0 unspecified atom stereocenters. The summed E-state index contributed by atoms with van der Waals surface area (Å²) in [5.41, 5.74) is 7.69. The van der Waals surface area contributed by atoms with E-state index in [0.717, 1.165) is 5.69 Å². The Balaban J connectivity index is 2.05. The van der Waals surface area contributed by atoms with Gasteiger partial charge >= 0.3 is 0 Å². The second-order valence-corrected chi connectivity index (χ2v) is 3.16. The van der Waals surface area contributed by atoms with E-state index < -0.39 is 0 Å². The molecule has 0 saturated carbocycles. The first kappa shape index (κ1) is 9.51. The number of nitrogen functional groups attached to an aromatic ring is 1. The van der Waals surface area contributed by atoms with Gasteiger partial charge in [-0.15, -0.1) is 0 Å². The summed E-state index contributed by atoms with van der Waals surface area (Å²) in [5.74, 6) is -0.334. The van der Waals surface area contributed by atoms with Gasteiger partial charge in [0, 0.05) is 6.20 Å². The molecule has 0 amide bonds. The number of nitrogens with one attached hydrogen (secondary N) is 2. The number of hydrogen-bond acceptors (Lipinski definition) is 3. The molecule has 5 heteroatoms. The number of aromatic amines is 1. The van der Waals surface area contributed by atoms with Crippen molar-refractivity contribution in [1.82, 2.24) is 9.97 Å². The minimum Gasteiger partial charge on any atom is -0.397 e. The highest BCUT2D eigenvalue weighted by atomic mass is 19.1. The smallest absolute Gasteiger partial charge is 0.125 e. The molecule has 4 nitrogen and oxygen atoms in total. The lowest BCUT2D eigenvalue weighted by Gasteiger charge is -2.07. The molecule has 0 fully saturated rings. The highest BCUT2D eigenvalue weighted by Crippen LogP contribution is 2.19. The molecule has 0 aliphatic carbocycles. The van der Waals surface area contributed by atoms with Gasteiger partial charge in [0.05, 0.1) is 29.9 Å². The average Bonchev–Trinajstić information content (AvgIpc) is 2.69. The van der Waals surface area contributed by atoms with Crippen LogP contribution in [-0.2, 0) is 6.54 Å². The van der Waals surface area contributed by atoms with Crippen LogP contribution in [0.15, 0.2) is 30.7 Å². The Labute approximate surface area is 86.3 Å². The van der Waals surface area contributed by atoms with E-state index in [0.29, 0.717) is 17.9 Å². The van der Waals surface area contributed by atoms with Gasteiger partial charge in [-0.3, -0.25) is 0 Å². The van der Waals surface area contributed by atoms with Gasteiger partial charge in [-0.25, -0.2) is 9.37 Å². The predicted octanol–water partition coefficient (Wildman–Crippen LogP) is 1.74. The number of hydrogen-bond donors (Lipinski definition) is 3. The molecular formula is C10H11FN4. The Hall–Kier alpha value is -2.04. The van der Waals surface area contributed by atoms with Crippen LogP contribution >= 0.6 is 0 Å². The molecule has 1 aromatic heterocycles. The predicted molar refractivity (Wildman–Crippen MR) is 56.7 cm³/mol. The zero-order valence-electron chi connectivity index (χ0n) is 8.00. The summed E-state index contributed by atoms with van der Waals surface area (Å²) >= 11 is 0. The summed E-state index contributed by atoms with van der Waals surface area (Å²) in [5, 5.41) is 3.08.